The fourth-order valence-electron chi connectivity index (χ4n) is 1.23. The lowest BCUT2D eigenvalue weighted by Crippen LogP contribution is -2.33. The van der Waals surface area contributed by atoms with Crippen molar-refractivity contribution in [2.45, 2.75) is 6.42 Å². The molecular weight excluding hydrogens is 314 g/mol. The summed E-state index contributed by atoms with van der Waals surface area (Å²) in [6.07, 6.45) is -0.147. The molecule has 0 aliphatic heterocycles. The van der Waals surface area contributed by atoms with Crippen LogP contribution in [0.25, 0.3) is 0 Å². The number of carbonyl (C=O) groups excluding carboxylic acids is 1. The summed E-state index contributed by atoms with van der Waals surface area (Å²) in [5.41, 5.74) is 0.236. The van der Waals surface area contributed by atoms with Crippen LogP contribution in [-0.2, 0) is 4.79 Å². The van der Waals surface area contributed by atoms with Crippen molar-refractivity contribution in [1.82, 2.24) is 4.90 Å². The van der Waals surface area contributed by atoms with Gasteiger partial charge in [-0.3, -0.25) is 4.79 Å². The quantitative estimate of drug-likeness (QED) is 0.889. The van der Waals surface area contributed by atoms with Crippen LogP contribution in [0.5, 0.6) is 0 Å². The minimum Gasteiger partial charge on any atom is -0.481 e. The highest BCUT2D eigenvalue weighted by Gasteiger charge is 2.14. The van der Waals surface area contributed by atoms with E-state index in [0.717, 1.165) is 0 Å². The zero-order chi connectivity index (χ0) is 14.6. The van der Waals surface area contributed by atoms with Gasteiger partial charge in [0, 0.05) is 18.6 Å². The molecule has 0 fully saturated rings. The van der Waals surface area contributed by atoms with Gasteiger partial charge in [0.05, 0.1) is 22.2 Å². The fourth-order valence-corrected chi connectivity index (χ4v) is 2.14. The van der Waals surface area contributed by atoms with Crippen LogP contribution in [0, 0.1) is 0 Å². The van der Waals surface area contributed by atoms with Crippen LogP contribution in [-0.4, -0.2) is 35.6 Å². The molecule has 0 saturated carbocycles. The molecule has 0 bridgehead atoms. The Bertz CT molecular complexity index is 485. The second-order valence-corrected chi connectivity index (χ2v) is 4.99. The molecule has 19 heavy (non-hydrogen) atoms. The van der Waals surface area contributed by atoms with Crippen molar-refractivity contribution in [2.24, 2.45) is 0 Å². The minimum atomic E-state index is -0.984. The van der Waals surface area contributed by atoms with E-state index in [1.807, 2.05) is 0 Å². The summed E-state index contributed by atoms with van der Waals surface area (Å²) in [7, 11) is 1.47. The van der Waals surface area contributed by atoms with Crippen molar-refractivity contribution in [3.05, 3.63) is 27.2 Å². The molecule has 0 saturated heterocycles. The largest absolute Gasteiger partial charge is 0.481 e. The van der Waals surface area contributed by atoms with Crippen LogP contribution in [0.3, 0.4) is 0 Å². The molecule has 1 aromatic carbocycles. The lowest BCUT2D eigenvalue weighted by atomic mass is 10.3. The van der Waals surface area contributed by atoms with Crippen LogP contribution in [0.4, 0.5) is 10.5 Å². The molecule has 2 N–H and O–H groups in total. The Kier molecular flexibility index (Phi) is 5.72. The average Bonchev–Trinajstić information content (AvgIpc) is 2.30. The third-order valence-electron chi connectivity index (χ3n) is 2.25. The van der Waals surface area contributed by atoms with Crippen molar-refractivity contribution in [1.29, 1.82) is 0 Å². The normalized spacial score (nSPS) is 10.1. The number of rotatable bonds is 4. The molecule has 0 spiro atoms. The molecule has 0 aliphatic carbocycles. The SMILES string of the molecule is CN(CCC(=O)O)C(=O)Nc1c(Cl)cc(Cl)cc1Cl. The number of nitrogens with zero attached hydrogens (tertiary/aromatic N) is 1. The number of hydrogen-bond acceptors (Lipinski definition) is 2. The van der Waals surface area contributed by atoms with Gasteiger partial charge in [0.1, 0.15) is 0 Å². The van der Waals surface area contributed by atoms with Crippen LogP contribution >= 0.6 is 34.8 Å². The standard InChI is InChI=1S/C11H11Cl3N2O3/c1-16(3-2-9(17)18)11(19)15-10-7(13)4-6(12)5-8(10)14/h4-5H,2-3H2,1H3,(H,15,19)(H,17,18). The first-order chi connectivity index (χ1) is 8.81. The highest BCUT2D eigenvalue weighted by Crippen LogP contribution is 2.33. The van der Waals surface area contributed by atoms with Gasteiger partial charge in [-0.25, -0.2) is 4.79 Å². The van der Waals surface area contributed by atoms with Crippen molar-refractivity contribution in [2.75, 3.05) is 18.9 Å². The van der Waals surface area contributed by atoms with E-state index >= 15 is 0 Å². The predicted molar refractivity (Wildman–Crippen MR) is 75.4 cm³/mol. The van der Waals surface area contributed by atoms with Gasteiger partial charge in [0.2, 0.25) is 0 Å². The number of carboxylic acids is 1. The predicted octanol–water partition coefficient (Wildman–Crippen LogP) is 3.59. The smallest absolute Gasteiger partial charge is 0.321 e. The Labute approximate surface area is 125 Å². The molecule has 2 amide bonds. The summed E-state index contributed by atoms with van der Waals surface area (Å²) in [4.78, 5) is 23.4. The van der Waals surface area contributed by atoms with E-state index in [0.29, 0.717) is 5.02 Å². The van der Waals surface area contributed by atoms with E-state index in [-0.39, 0.29) is 28.7 Å². The number of aliphatic carboxylic acids is 1. The maximum Gasteiger partial charge on any atom is 0.321 e. The number of halogens is 3. The Morgan fingerprint density at radius 3 is 2.26 bits per heavy atom. The Hall–Kier alpha value is -1.17. The number of anilines is 1. The van der Waals surface area contributed by atoms with Gasteiger partial charge in [0.15, 0.2) is 0 Å². The van der Waals surface area contributed by atoms with Crippen molar-refractivity contribution >= 4 is 52.5 Å². The number of carbonyl (C=O) groups is 2. The Balaban J connectivity index is 2.74. The van der Waals surface area contributed by atoms with Crippen LogP contribution in [0.15, 0.2) is 12.1 Å². The van der Waals surface area contributed by atoms with Gasteiger partial charge in [-0.2, -0.15) is 0 Å². The Morgan fingerprint density at radius 1 is 1.26 bits per heavy atom. The van der Waals surface area contributed by atoms with E-state index in [1.54, 1.807) is 0 Å². The molecule has 0 unspecified atom stereocenters. The third-order valence-corrected chi connectivity index (χ3v) is 3.06. The van der Waals surface area contributed by atoms with E-state index in [4.69, 9.17) is 39.9 Å². The van der Waals surface area contributed by atoms with Gasteiger partial charge in [0.25, 0.3) is 0 Å². The molecule has 0 aromatic heterocycles. The summed E-state index contributed by atoms with van der Waals surface area (Å²) < 4.78 is 0. The number of nitrogens with one attached hydrogen (secondary N) is 1. The summed E-state index contributed by atoms with van der Waals surface area (Å²) in [5, 5.41) is 11.8. The lowest BCUT2D eigenvalue weighted by Gasteiger charge is -2.18. The zero-order valence-electron chi connectivity index (χ0n) is 9.91. The molecule has 0 aliphatic rings. The number of urea groups is 1. The molecule has 1 rings (SSSR count). The molecule has 104 valence electrons. The highest BCUT2D eigenvalue weighted by molar-refractivity contribution is 6.42. The molecule has 5 nitrogen and oxygen atoms in total. The molecular formula is C11H11Cl3N2O3. The van der Waals surface area contributed by atoms with E-state index in [1.165, 1.54) is 24.1 Å². The van der Waals surface area contributed by atoms with Crippen molar-refractivity contribution in [3.63, 3.8) is 0 Å². The van der Waals surface area contributed by atoms with Gasteiger partial charge in [-0.1, -0.05) is 34.8 Å². The molecule has 1 aromatic rings. The second kappa shape index (κ2) is 6.84. The van der Waals surface area contributed by atoms with Crippen LogP contribution in [0.2, 0.25) is 15.1 Å². The molecule has 0 radical (unpaired) electrons. The van der Waals surface area contributed by atoms with E-state index in [2.05, 4.69) is 5.32 Å². The number of carboxylic acid groups (broad SMARTS) is 1. The average molecular weight is 326 g/mol. The molecule has 8 heteroatoms. The topological polar surface area (TPSA) is 69.6 Å². The zero-order valence-corrected chi connectivity index (χ0v) is 12.2. The summed E-state index contributed by atoms with van der Waals surface area (Å²) >= 11 is 17.6. The maximum absolute atomic E-state index is 11.8. The van der Waals surface area contributed by atoms with Crippen molar-refractivity contribution < 1.29 is 14.7 Å². The van der Waals surface area contributed by atoms with Gasteiger partial charge in [-0.05, 0) is 12.1 Å². The van der Waals surface area contributed by atoms with E-state index < -0.39 is 12.0 Å². The highest BCUT2D eigenvalue weighted by atomic mass is 35.5. The number of benzene rings is 1. The fraction of sp³-hybridized carbons (Fsp3) is 0.273. The molecule has 0 heterocycles. The van der Waals surface area contributed by atoms with Gasteiger partial charge < -0.3 is 15.3 Å². The van der Waals surface area contributed by atoms with Crippen LogP contribution < -0.4 is 5.32 Å². The Morgan fingerprint density at radius 2 is 1.79 bits per heavy atom. The monoisotopic (exact) mass is 324 g/mol. The third kappa shape index (κ3) is 4.78. The molecule has 0 atom stereocenters. The maximum atomic E-state index is 11.8. The second-order valence-electron chi connectivity index (χ2n) is 3.74. The first kappa shape index (κ1) is 15.9. The summed E-state index contributed by atoms with van der Waals surface area (Å²) in [5.74, 6) is -0.984. The number of amides is 2. The summed E-state index contributed by atoms with van der Waals surface area (Å²) in [6.45, 7) is 0.0734. The van der Waals surface area contributed by atoms with E-state index in [9.17, 15) is 9.59 Å². The first-order valence-electron chi connectivity index (χ1n) is 5.19. The first-order valence-corrected chi connectivity index (χ1v) is 6.33. The summed E-state index contributed by atoms with van der Waals surface area (Å²) in [6, 6.07) is 2.39. The lowest BCUT2D eigenvalue weighted by molar-refractivity contribution is -0.137. The number of hydrogen-bond donors (Lipinski definition) is 2. The van der Waals surface area contributed by atoms with Crippen LogP contribution in [0.1, 0.15) is 6.42 Å². The van der Waals surface area contributed by atoms with Crippen molar-refractivity contribution in [3.8, 4) is 0 Å². The minimum absolute atomic E-state index is 0.0734. The van der Waals surface area contributed by atoms with Gasteiger partial charge in [-0.15, -0.1) is 0 Å². The van der Waals surface area contributed by atoms with Gasteiger partial charge >= 0.3 is 12.0 Å².